The van der Waals surface area contributed by atoms with E-state index in [1.54, 1.807) is 17.8 Å². The number of halogens is 2. The number of hydrogen-bond donors (Lipinski definition) is 0. The second kappa shape index (κ2) is 7.22. The number of rotatable bonds is 4. The topological polar surface area (TPSA) is 44.9 Å². The highest BCUT2D eigenvalue weighted by Crippen LogP contribution is 2.32. The van der Waals surface area contributed by atoms with Crippen LogP contribution in [0.4, 0.5) is 0 Å². The average Bonchev–Trinajstić information content (AvgIpc) is 3.19. The van der Waals surface area contributed by atoms with Crippen LogP contribution in [0.5, 0.6) is 0 Å². The van der Waals surface area contributed by atoms with Gasteiger partial charge >= 0.3 is 0 Å². The van der Waals surface area contributed by atoms with Crippen LogP contribution in [-0.2, 0) is 6.54 Å². The molecular formula is C17H16BrClN4S. The lowest BCUT2D eigenvalue weighted by atomic mass is 10.0. The molecule has 1 aromatic carbocycles. The van der Waals surface area contributed by atoms with Gasteiger partial charge in [0.25, 0.3) is 0 Å². The average molecular weight is 424 g/mol. The lowest BCUT2D eigenvalue weighted by Crippen LogP contribution is -2.33. The molecule has 1 unspecified atom stereocenters. The second-order valence-corrected chi connectivity index (χ2v) is 8.49. The van der Waals surface area contributed by atoms with Gasteiger partial charge in [0.1, 0.15) is 10.4 Å². The van der Waals surface area contributed by atoms with Crippen LogP contribution in [0.15, 0.2) is 36.0 Å². The van der Waals surface area contributed by atoms with E-state index in [2.05, 4.69) is 50.5 Å². The standard InChI is InChI=1S/C17H16BrClN4S/c1-11(23-7-8-24-17(23)18)10-22-6-5-15(21-22)14-4-3-13(9-20)16(19)12(14)2/h3-8,11,17H,10H2,1-2H3/t11?,17-/m0/s1. The molecule has 7 heteroatoms. The minimum Gasteiger partial charge on any atom is -0.351 e. The van der Waals surface area contributed by atoms with Crippen molar-refractivity contribution in [2.75, 3.05) is 0 Å². The lowest BCUT2D eigenvalue weighted by Gasteiger charge is -2.27. The Morgan fingerprint density at radius 3 is 2.92 bits per heavy atom. The van der Waals surface area contributed by atoms with Crippen molar-refractivity contribution in [3.05, 3.63) is 52.2 Å². The van der Waals surface area contributed by atoms with Gasteiger partial charge in [0.05, 0.1) is 22.8 Å². The largest absolute Gasteiger partial charge is 0.351 e. The molecular weight excluding hydrogens is 408 g/mol. The number of alkyl halides is 1. The van der Waals surface area contributed by atoms with Crippen molar-refractivity contribution < 1.29 is 0 Å². The molecule has 1 aliphatic heterocycles. The Kier molecular flexibility index (Phi) is 5.24. The number of aromatic nitrogens is 2. The monoisotopic (exact) mass is 422 g/mol. The molecule has 0 fully saturated rings. The summed E-state index contributed by atoms with van der Waals surface area (Å²) in [6.45, 7) is 4.88. The van der Waals surface area contributed by atoms with Crippen molar-refractivity contribution >= 4 is 39.3 Å². The van der Waals surface area contributed by atoms with Gasteiger partial charge in [-0.3, -0.25) is 4.68 Å². The maximum atomic E-state index is 9.06. The quantitative estimate of drug-likeness (QED) is 0.514. The fraction of sp³-hybridized carbons (Fsp3) is 0.294. The van der Waals surface area contributed by atoms with E-state index in [-0.39, 0.29) is 4.28 Å². The minimum absolute atomic E-state index is 0.280. The van der Waals surface area contributed by atoms with Gasteiger partial charge in [0, 0.05) is 24.0 Å². The van der Waals surface area contributed by atoms with E-state index in [0.29, 0.717) is 16.6 Å². The van der Waals surface area contributed by atoms with Gasteiger partial charge in [0.2, 0.25) is 0 Å². The zero-order chi connectivity index (χ0) is 17.3. The predicted molar refractivity (Wildman–Crippen MR) is 103 cm³/mol. The third kappa shape index (κ3) is 3.34. The number of benzene rings is 1. The van der Waals surface area contributed by atoms with Crippen LogP contribution in [0, 0.1) is 18.3 Å². The van der Waals surface area contributed by atoms with Crippen LogP contribution in [0.1, 0.15) is 18.1 Å². The Labute approximate surface area is 159 Å². The third-order valence-electron chi connectivity index (χ3n) is 4.04. The van der Waals surface area contributed by atoms with Crippen molar-refractivity contribution in [3.63, 3.8) is 0 Å². The second-order valence-electron chi connectivity index (χ2n) is 5.64. The van der Waals surface area contributed by atoms with Crippen LogP contribution >= 0.6 is 39.3 Å². The highest BCUT2D eigenvalue weighted by atomic mass is 79.9. The predicted octanol–water partition coefficient (Wildman–Crippen LogP) is 4.97. The number of hydrogen-bond acceptors (Lipinski definition) is 4. The van der Waals surface area contributed by atoms with Crippen molar-refractivity contribution in [2.45, 2.75) is 30.7 Å². The summed E-state index contributed by atoms with van der Waals surface area (Å²) in [5.41, 5.74) is 3.20. The molecule has 0 amide bonds. The maximum absolute atomic E-state index is 9.06. The van der Waals surface area contributed by atoms with E-state index < -0.39 is 0 Å². The van der Waals surface area contributed by atoms with Crippen molar-refractivity contribution in [1.82, 2.24) is 14.7 Å². The summed E-state index contributed by atoms with van der Waals surface area (Å²) >= 11 is 11.7. The van der Waals surface area contributed by atoms with Gasteiger partial charge in [0.15, 0.2) is 0 Å². The molecule has 3 rings (SSSR count). The Balaban J connectivity index is 1.80. The Morgan fingerprint density at radius 2 is 2.25 bits per heavy atom. The van der Waals surface area contributed by atoms with E-state index in [1.165, 1.54) is 0 Å². The van der Waals surface area contributed by atoms with E-state index in [9.17, 15) is 0 Å². The zero-order valence-corrected chi connectivity index (χ0v) is 16.4. The lowest BCUT2D eigenvalue weighted by molar-refractivity contribution is 0.290. The van der Waals surface area contributed by atoms with Gasteiger partial charge in [-0.15, -0.1) is 0 Å². The van der Waals surface area contributed by atoms with Crippen molar-refractivity contribution in [1.29, 1.82) is 5.26 Å². The van der Waals surface area contributed by atoms with Crippen LogP contribution in [-0.4, -0.2) is 25.0 Å². The fourth-order valence-corrected chi connectivity index (χ4v) is 4.56. The summed E-state index contributed by atoms with van der Waals surface area (Å²) in [6.07, 6.45) is 4.08. The molecule has 124 valence electrons. The Hall–Kier alpha value is -1.42. The summed E-state index contributed by atoms with van der Waals surface area (Å²) < 4.78 is 2.23. The van der Waals surface area contributed by atoms with Gasteiger partial charge in [-0.25, -0.2) is 0 Å². The molecule has 0 saturated heterocycles. The van der Waals surface area contributed by atoms with E-state index >= 15 is 0 Å². The maximum Gasteiger partial charge on any atom is 0.135 e. The molecule has 0 radical (unpaired) electrons. The Bertz CT molecular complexity index is 826. The summed E-state index contributed by atoms with van der Waals surface area (Å²) in [6, 6.07) is 8.06. The fourth-order valence-electron chi connectivity index (χ4n) is 2.68. The first-order valence-electron chi connectivity index (χ1n) is 7.48. The Morgan fingerprint density at radius 1 is 1.46 bits per heavy atom. The molecule has 2 atom stereocenters. The van der Waals surface area contributed by atoms with E-state index in [1.807, 2.05) is 29.9 Å². The van der Waals surface area contributed by atoms with Gasteiger partial charge in [-0.2, -0.15) is 10.4 Å². The van der Waals surface area contributed by atoms with Crippen molar-refractivity contribution in [3.8, 4) is 17.3 Å². The molecule has 0 bridgehead atoms. The molecule has 0 saturated carbocycles. The van der Waals surface area contributed by atoms with Gasteiger partial charge < -0.3 is 4.90 Å². The molecule has 24 heavy (non-hydrogen) atoms. The first kappa shape index (κ1) is 17.4. The molecule has 1 aliphatic rings. The highest BCUT2D eigenvalue weighted by Gasteiger charge is 2.22. The smallest absolute Gasteiger partial charge is 0.135 e. The number of nitrogens with zero attached hydrogens (tertiary/aromatic N) is 4. The van der Waals surface area contributed by atoms with Crippen LogP contribution in [0.2, 0.25) is 5.02 Å². The number of nitriles is 1. The summed E-state index contributed by atoms with van der Waals surface area (Å²) in [5.74, 6) is 0. The van der Waals surface area contributed by atoms with Gasteiger partial charge in [-0.1, -0.05) is 45.4 Å². The molecule has 1 aromatic heterocycles. The van der Waals surface area contributed by atoms with E-state index in [4.69, 9.17) is 16.9 Å². The number of thioether (sulfide) groups is 1. The summed E-state index contributed by atoms with van der Waals surface area (Å²) in [4.78, 5) is 2.26. The molecule has 0 aliphatic carbocycles. The molecule has 2 heterocycles. The summed E-state index contributed by atoms with van der Waals surface area (Å²) in [5, 5.41) is 16.3. The van der Waals surface area contributed by atoms with Crippen molar-refractivity contribution in [2.24, 2.45) is 0 Å². The summed E-state index contributed by atoms with van der Waals surface area (Å²) in [7, 11) is 0. The highest BCUT2D eigenvalue weighted by molar-refractivity contribution is 9.11. The van der Waals surface area contributed by atoms with E-state index in [0.717, 1.165) is 23.4 Å². The normalized spacial score (nSPS) is 18.0. The molecule has 0 N–H and O–H groups in total. The first-order chi connectivity index (χ1) is 11.5. The molecule has 2 aromatic rings. The minimum atomic E-state index is 0.280. The van der Waals surface area contributed by atoms with Crippen LogP contribution in [0.3, 0.4) is 0 Å². The molecule has 0 spiro atoms. The zero-order valence-electron chi connectivity index (χ0n) is 13.3. The third-order valence-corrected chi connectivity index (χ3v) is 6.40. The first-order valence-corrected chi connectivity index (χ1v) is 9.71. The van der Waals surface area contributed by atoms with Gasteiger partial charge in [-0.05, 0) is 37.0 Å². The van der Waals surface area contributed by atoms with Crippen LogP contribution in [0.25, 0.3) is 11.3 Å². The molecule has 4 nitrogen and oxygen atoms in total. The van der Waals surface area contributed by atoms with Crippen LogP contribution < -0.4 is 0 Å². The SMILES string of the molecule is Cc1c(-c2ccn(CC(C)N3C=CS[C@H]3Br)n2)ccc(C#N)c1Cl.